The van der Waals surface area contributed by atoms with E-state index in [9.17, 15) is 14.4 Å². The van der Waals surface area contributed by atoms with Crippen molar-refractivity contribution in [3.63, 3.8) is 0 Å². The summed E-state index contributed by atoms with van der Waals surface area (Å²) in [6, 6.07) is 18.5. The number of hydrogen-bond donors (Lipinski definition) is 1. The summed E-state index contributed by atoms with van der Waals surface area (Å²) >= 11 is 12.2. The average molecular weight is 470 g/mol. The van der Waals surface area contributed by atoms with Gasteiger partial charge < -0.3 is 15.1 Å². The molecule has 1 fully saturated rings. The van der Waals surface area contributed by atoms with Crippen molar-refractivity contribution in [3.05, 3.63) is 70.7 Å². The lowest BCUT2D eigenvalue weighted by Crippen LogP contribution is -2.39. The highest BCUT2D eigenvalue weighted by Gasteiger charge is 2.37. The molecule has 0 aromatic heterocycles. The number of carbonyl (C=O) groups is 3. The summed E-state index contributed by atoms with van der Waals surface area (Å²) in [6.45, 7) is 0.0906. The van der Waals surface area contributed by atoms with E-state index in [2.05, 4.69) is 5.32 Å². The SMILES string of the molecule is CN(CC(=O)Nc1c(Cl)cccc1Cl)C(=O)C1CC(=O)N(c2cccc3ccccc23)C1. The van der Waals surface area contributed by atoms with E-state index in [0.717, 1.165) is 16.5 Å². The molecular weight excluding hydrogens is 449 g/mol. The fraction of sp³-hybridized carbons (Fsp3) is 0.208. The van der Waals surface area contributed by atoms with Gasteiger partial charge in [-0.1, -0.05) is 65.7 Å². The zero-order valence-electron chi connectivity index (χ0n) is 17.3. The lowest BCUT2D eigenvalue weighted by Gasteiger charge is -2.22. The first-order valence-electron chi connectivity index (χ1n) is 10.1. The van der Waals surface area contributed by atoms with E-state index < -0.39 is 11.8 Å². The van der Waals surface area contributed by atoms with Gasteiger partial charge in [-0.2, -0.15) is 0 Å². The Morgan fingerprint density at radius 2 is 1.69 bits per heavy atom. The van der Waals surface area contributed by atoms with Gasteiger partial charge in [0.25, 0.3) is 0 Å². The van der Waals surface area contributed by atoms with Crippen LogP contribution in [0.4, 0.5) is 11.4 Å². The molecule has 1 unspecified atom stereocenters. The Kier molecular flexibility index (Phi) is 6.35. The molecule has 1 aliphatic heterocycles. The highest BCUT2D eigenvalue weighted by Crippen LogP contribution is 2.32. The maximum absolute atomic E-state index is 13.0. The van der Waals surface area contributed by atoms with Crippen molar-refractivity contribution in [3.8, 4) is 0 Å². The van der Waals surface area contributed by atoms with Gasteiger partial charge in [-0.3, -0.25) is 14.4 Å². The van der Waals surface area contributed by atoms with Crippen molar-refractivity contribution < 1.29 is 14.4 Å². The van der Waals surface area contributed by atoms with Gasteiger partial charge in [0, 0.05) is 25.4 Å². The molecule has 164 valence electrons. The number of rotatable bonds is 5. The Morgan fingerprint density at radius 3 is 2.44 bits per heavy atom. The molecule has 0 radical (unpaired) electrons. The summed E-state index contributed by atoms with van der Waals surface area (Å²) in [7, 11) is 1.54. The number of halogens is 2. The molecule has 4 rings (SSSR count). The van der Waals surface area contributed by atoms with Crippen LogP contribution in [0.25, 0.3) is 10.8 Å². The normalized spacial score (nSPS) is 15.8. The molecule has 0 aliphatic carbocycles. The summed E-state index contributed by atoms with van der Waals surface area (Å²) < 4.78 is 0. The van der Waals surface area contributed by atoms with Crippen molar-refractivity contribution in [2.75, 3.05) is 30.4 Å². The van der Waals surface area contributed by atoms with E-state index in [-0.39, 0.29) is 31.3 Å². The molecule has 1 aliphatic rings. The molecular formula is C24H21Cl2N3O3. The number of nitrogens with one attached hydrogen (secondary N) is 1. The fourth-order valence-corrected chi connectivity index (χ4v) is 4.44. The third kappa shape index (κ3) is 4.42. The van der Waals surface area contributed by atoms with Crippen molar-refractivity contribution >= 4 is 63.1 Å². The third-order valence-corrected chi connectivity index (χ3v) is 6.15. The predicted molar refractivity (Wildman–Crippen MR) is 127 cm³/mol. The second kappa shape index (κ2) is 9.18. The highest BCUT2D eigenvalue weighted by molar-refractivity contribution is 6.39. The molecule has 3 aromatic carbocycles. The smallest absolute Gasteiger partial charge is 0.244 e. The van der Waals surface area contributed by atoms with Crippen LogP contribution >= 0.6 is 23.2 Å². The summed E-state index contributed by atoms with van der Waals surface area (Å²) in [5.41, 5.74) is 1.09. The van der Waals surface area contributed by atoms with Crippen molar-refractivity contribution in [1.29, 1.82) is 0 Å². The molecule has 8 heteroatoms. The van der Waals surface area contributed by atoms with Gasteiger partial charge in [0.1, 0.15) is 0 Å². The van der Waals surface area contributed by atoms with E-state index in [0.29, 0.717) is 15.7 Å². The number of nitrogens with zero attached hydrogens (tertiary/aromatic N) is 2. The van der Waals surface area contributed by atoms with Crippen LogP contribution < -0.4 is 10.2 Å². The number of anilines is 2. The lowest BCUT2D eigenvalue weighted by atomic mass is 10.1. The van der Waals surface area contributed by atoms with Crippen LogP contribution in [0.5, 0.6) is 0 Å². The maximum Gasteiger partial charge on any atom is 0.244 e. The molecule has 1 heterocycles. The zero-order chi connectivity index (χ0) is 22.8. The minimum atomic E-state index is -0.525. The van der Waals surface area contributed by atoms with E-state index >= 15 is 0 Å². The number of carbonyl (C=O) groups excluding carboxylic acids is 3. The number of likely N-dealkylation sites (N-methyl/N-ethyl adjacent to an activating group) is 1. The number of fused-ring (bicyclic) bond motifs is 1. The van der Waals surface area contributed by atoms with E-state index in [1.807, 2.05) is 42.5 Å². The van der Waals surface area contributed by atoms with Gasteiger partial charge in [0.15, 0.2) is 0 Å². The van der Waals surface area contributed by atoms with Crippen molar-refractivity contribution in [2.45, 2.75) is 6.42 Å². The van der Waals surface area contributed by atoms with Crippen LogP contribution in [0.2, 0.25) is 10.0 Å². The Bertz CT molecular complexity index is 1190. The van der Waals surface area contributed by atoms with Gasteiger partial charge in [-0.15, -0.1) is 0 Å². The Hall–Kier alpha value is -3.09. The van der Waals surface area contributed by atoms with Gasteiger partial charge in [0.2, 0.25) is 17.7 Å². The highest BCUT2D eigenvalue weighted by atomic mass is 35.5. The second-order valence-corrected chi connectivity index (χ2v) is 8.56. The van der Waals surface area contributed by atoms with Gasteiger partial charge in [-0.25, -0.2) is 0 Å². The first-order valence-corrected chi connectivity index (χ1v) is 10.9. The topological polar surface area (TPSA) is 69.7 Å². The molecule has 1 atom stereocenters. The summed E-state index contributed by atoms with van der Waals surface area (Å²) in [5, 5.41) is 5.25. The minimum absolute atomic E-state index is 0.102. The zero-order valence-corrected chi connectivity index (χ0v) is 18.9. The molecule has 6 nitrogen and oxygen atoms in total. The molecule has 32 heavy (non-hydrogen) atoms. The fourth-order valence-electron chi connectivity index (χ4n) is 3.95. The first-order chi connectivity index (χ1) is 15.3. The molecule has 1 N–H and O–H groups in total. The van der Waals surface area contributed by atoms with Crippen LogP contribution in [0, 0.1) is 5.92 Å². The summed E-state index contributed by atoms with van der Waals surface area (Å²) in [6.07, 6.45) is 0.102. The van der Waals surface area contributed by atoms with Crippen LogP contribution in [0.1, 0.15) is 6.42 Å². The quantitative estimate of drug-likeness (QED) is 0.593. The van der Waals surface area contributed by atoms with Crippen LogP contribution in [-0.4, -0.2) is 42.8 Å². The number of para-hydroxylation sites is 1. The number of hydrogen-bond acceptors (Lipinski definition) is 3. The van der Waals surface area contributed by atoms with Crippen molar-refractivity contribution in [2.24, 2.45) is 5.92 Å². The van der Waals surface area contributed by atoms with Gasteiger partial charge in [0.05, 0.1) is 33.9 Å². The van der Waals surface area contributed by atoms with Gasteiger partial charge in [-0.05, 0) is 23.6 Å². The Morgan fingerprint density at radius 1 is 1.03 bits per heavy atom. The molecule has 3 amide bonds. The first kappa shape index (κ1) is 22.1. The standard InChI is InChI=1S/C24H21Cl2N3O3/c1-28(14-21(30)27-23-18(25)9-5-10-19(23)26)24(32)16-12-22(31)29(13-16)20-11-4-7-15-6-2-3-8-17(15)20/h2-11,16H,12-14H2,1H3,(H,27,30). The number of benzene rings is 3. The van der Waals surface area contributed by atoms with E-state index in [4.69, 9.17) is 23.2 Å². The third-order valence-electron chi connectivity index (χ3n) is 5.52. The lowest BCUT2D eigenvalue weighted by molar-refractivity contribution is -0.137. The summed E-state index contributed by atoms with van der Waals surface area (Å²) in [4.78, 5) is 41.1. The Balaban J connectivity index is 1.43. The maximum atomic E-state index is 13.0. The molecule has 0 saturated carbocycles. The molecule has 1 saturated heterocycles. The van der Waals surface area contributed by atoms with E-state index in [1.165, 1.54) is 4.90 Å². The van der Waals surface area contributed by atoms with Crippen molar-refractivity contribution in [1.82, 2.24) is 4.90 Å². The van der Waals surface area contributed by atoms with Crippen LogP contribution in [0.3, 0.4) is 0 Å². The Labute approximate surface area is 195 Å². The van der Waals surface area contributed by atoms with Gasteiger partial charge >= 0.3 is 0 Å². The monoisotopic (exact) mass is 469 g/mol. The predicted octanol–water partition coefficient (Wildman–Crippen LogP) is 4.60. The second-order valence-electron chi connectivity index (χ2n) is 7.74. The minimum Gasteiger partial charge on any atom is -0.336 e. The van der Waals surface area contributed by atoms with E-state index in [1.54, 1.807) is 30.1 Å². The number of amides is 3. The average Bonchev–Trinajstić information content (AvgIpc) is 3.16. The molecule has 0 bridgehead atoms. The molecule has 0 spiro atoms. The molecule has 3 aromatic rings. The van der Waals surface area contributed by atoms with Crippen LogP contribution in [-0.2, 0) is 14.4 Å². The summed E-state index contributed by atoms with van der Waals surface area (Å²) in [5.74, 6) is -1.32. The van der Waals surface area contributed by atoms with Crippen LogP contribution in [0.15, 0.2) is 60.7 Å². The largest absolute Gasteiger partial charge is 0.336 e.